The summed E-state index contributed by atoms with van der Waals surface area (Å²) in [4.78, 5) is 8.35. The fraction of sp³-hybridized carbons (Fsp3) is 0.167. The summed E-state index contributed by atoms with van der Waals surface area (Å²) >= 11 is 12.2. The van der Waals surface area contributed by atoms with Crippen LogP contribution in [-0.4, -0.2) is 17.0 Å². The largest absolute Gasteiger partial charge is 0.373 e. The van der Waals surface area contributed by atoms with E-state index in [-0.39, 0.29) is 5.95 Å². The van der Waals surface area contributed by atoms with Crippen LogP contribution in [0.5, 0.6) is 0 Å². The zero-order chi connectivity index (χ0) is 13.3. The third kappa shape index (κ3) is 2.21. The molecule has 4 nitrogen and oxygen atoms in total. The first-order chi connectivity index (χ1) is 8.54. The van der Waals surface area contributed by atoms with Gasteiger partial charge in [-0.2, -0.15) is 4.98 Å². The first-order valence-corrected chi connectivity index (χ1v) is 6.06. The Hall–Kier alpha value is -1.52. The van der Waals surface area contributed by atoms with Gasteiger partial charge in [0.05, 0.1) is 15.7 Å². The van der Waals surface area contributed by atoms with Gasteiger partial charge in [-0.05, 0) is 13.0 Å². The Morgan fingerprint density at radius 3 is 2.61 bits per heavy atom. The van der Waals surface area contributed by atoms with Gasteiger partial charge in [-0.25, -0.2) is 4.98 Å². The molecule has 1 aromatic heterocycles. The van der Waals surface area contributed by atoms with Gasteiger partial charge in [-0.1, -0.05) is 35.3 Å². The van der Waals surface area contributed by atoms with Gasteiger partial charge in [0, 0.05) is 18.2 Å². The maximum atomic E-state index is 6.19. The third-order valence-corrected chi connectivity index (χ3v) is 3.43. The topological polar surface area (TPSA) is 63.8 Å². The predicted molar refractivity (Wildman–Crippen MR) is 76.2 cm³/mol. The molecule has 6 heteroatoms. The molecule has 0 aliphatic rings. The van der Waals surface area contributed by atoms with E-state index in [0.29, 0.717) is 21.6 Å². The molecule has 0 aliphatic heterocycles. The van der Waals surface area contributed by atoms with Gasteiger partial charge in [-0.15, -0.1) is 0 Å². The molecule has 1 heterocycles. The highest BCUT2D eigenvalue weighted by molar-refractivity contribution is 6.43. The zero-order valence-electron chi connectivity index (χ0n) is 9.96. The van der Waals surface area contributed by atoms with Crippen molar-refractivity contribution in [2.45, 2.75) is 6.92 Å². The molecule has 0 fully saturated rings. The number of nitrogens with two attached hydrogens (primary N) is 1. The minimum atomic E-state index is 0.191. The van der Waals surface area contributed by atoms with E-state index >= 15 is 0 Å². The molecule has 0 bridgehead atoms. The van der Waals surface area contributed by atoms with E-state index in [1.165, 1.54) is 0 Å². The van der Waals surface area contributed by atoms with E-state index in [0.717, 1.165) is 11.1 Å². The number of rotatable bonds is 2. The van der Waals surface area contributed by atoms with Gasteiger partial charge in [0.15, 0.2) is 0 Å². The van der Waals surface area contributed by atoms with Crippen LogP contribution in [-0.2, 0) is 0 Å². The summed E-state index contributed by atoms with van der Waals surface area (Å²) < 4.78 is 0. The van der Waals surface area contributed by atoms with Crippen molar-refractivity contribution in [1.29, 1.82) is 0 Å². The van der Waals surface area contributed by atoms with Crippen LogP contribution in [0.3, 0.4) is 0 Å². The van der Waals surface area contributed by atoms with Crippen molar-refractivity contribution in [2.24, 2.45) is 0 Å². The highest BCUT2D eigenvalue weighted by Crippen LogP contribution is 2.35. The van der Waals surface area contributed by atoms with Crippen LogP contribution in [0.1, 0.15) is 5.56 Å². The predicted octanol–water partition coefficient (Wildman–Crippen LogP) is 3.38. The molecule has 0 saturated heterocycles. The van der Waals surface area contributed by atoms with Crippen molar-refractivity contribution in [2.75, 3.05) is 18.1 Å². The second-order valence-corrected chi connectivity index (χ2v) is 4.54. The normalized spacial score (nSPS) is 10.4. The Bertz CT molecular complexity index is 599. The van der Waals surface area contributed by atoms with Crippen LogP contribution >= 0.6 is 23.2 Å². The molecular formula is C12H12Cl2N4. The summed E-state index contributed by atoms with van der Waals surface area (Å²) in [5.41, 5.74) is 7.99. The number of benzene rings is 1. The standard InChI is InChI=1S/C12H12Cl2N4/c1-6-10(17-12(15)18-11(6)16-2)7-4-3-5-8(13)9(7)14/h3-5H,1-2H3,(H3,15,16,17,18). The van der Waals surface area contributed by atoms with Crippen LogP contribution in [0.15, 0.2) is 18.2 Å². The number of halogens is 2. The smallest absolute Gasteiger partial charge is 0.222 e. The molecule has 2 aromatic rings. The lowest BCUT2D eigenvalue weighted by atomic mass is 10.1. The molecule has 18 heavy (non-hydrogen) atoms. The van der Waals surface area contributed by atoms with Crippen molar-refractivity contribution < 1.29 is 0 Å². The molecule has 0 atom stereocenters. The Kier molecular flexibility index (Phi) is 3.59. The summed E-state index contributed by atoms with van der Waals surface area (Å²) in [6.45, 7) is 1.90. The van der Waals surface area contributed by atoms with E-state index in [9.17, 15) is 0 Å². The van der Waals surface area contributed by atoms with E-state index in [2.05, 4.69) is 15.3 Å². The molecule has 1 aromatic carbocycles. The van der Waals surface area contributed by atoms with E-state index < -0.39 is 0 Å². The molecule has 0 unspecified atom stereocenters. The average Bonchev–Trinajstić information content (AvgIpc) is 2.35. The number of aromatic nitrogens is 2. The van der Waals surface area contributed by atoms with Crippen LogP contribution in [0.25, 0.3) is 11.3 Å². The number of nitrogen functional groups attached to an aromatic ring is 1. The van der Waals surface area contributed by atoms with Gasteiger partial charge in [-0.3, -0.25) is 0 Å². The van der Waals surface area contributed by atoms with Crippen LogP contribution in [0.2, 0.25) is 10.0 Å². The molecule has 94 valence electrons. The van der Waals surface area contributed by atoms with Crippen molar-refractivity contribution in [3.8, 4) is 11.3 Å². The lowest BCUT2D eigenvalue weighted by Gasteiger charge is -2.12. The lowest BCUT2D eigenvalue weighted by Crippen LogP contribution is -2.05. The SMILES string of the molecule is CNc1nc(N)nc(-c2cccc(Cl)c2Cl)c1C. The molecule has 2 rings (SSSR count). The van der Waals surface area contributed by atoms with E-state index in [1.54, 1.807) is 13.1 Å². The minimum Gasteiger partial charge on any atom is -0.373 e. The molecule has 0 amide bonds. The van der Waals surface area contributed by atoms with Gasteiger partial charge in [0.2, 0.25) is 5.95 Å². The number of nitrogens with one attached hydrogen (secondary N) is 1. The first-order valence-electron chi connectivity index (χ1n) is 5.31. The van der Waals surface area contributed by atoms with Crippen molar-refractivity contribution >= 4 is 35.0 Å². The summed E-state index contributed by atoms with van der Waals surface area (Å²) in [5.74, 6) is 0.865. The molecular weight excluding hydrogens is 271 g/mol. The van der Waals surface area contributed by atoms with Crippen molar-refractivity contribution in [1.82, 2.24) is 9.97 Å². The van der Waals surface area contributed by atoms with Crippen molar-refractivity contribution in [3.05, 3.63) is 33.8 Å². The van der Waals surface area contributed by atoms with Crippen molar-refractivity contribution in [3.63, 3.8) is 0 Å². The molecule has 0 spiro atoms. The van der Waals surface area contributed by atoms with Crippen LogP contribution < -0.4 is 11.1 Å². The number of hydrogen-bond acceptors (Lipinski definition) is 4. The summed E-state index contributed by atoms with van der Waals surface area (Å²) in [7, 11) is 1.78. The molecule has 0 aliphatic carbocycles. The van der Waals surface area contributed by atoms with E-state index in [1.807, 2.05) is 19.1 Å². The number of nitrogens with zero attached hydrogens (tertiary/aromatic N) is 2. The second kappa shape index (κ2) is 5.00. The highest BCUT2D eigenvalue weighted by atomic mass is 35.5. The van der Waals surface area contributed by atoms with Gasteiger partial charge in [0.1, 0.15) is 5.82 Å². The Balaban J connectivity index is 2.71. The second-order valence-electron chi connectivity index (χ2n) is 3.76. The van der Waals surface area contributed by atoms with E-state index in [4.69, 9.17) is 28.9 Å². The summed E-state index contributed by atoms with van der Waals surface area (Å²) in [6.07, 6.45) is 0. The van der Waals surface area contributed by atoms with Crippen LogP contribution in [0, 0.1) is 6.92 Å². The summed E-state index contributed by atoms with van der Waals surface area (Å²) in [6, 6.07) is 5.40. The molecule has 0 radical (unpaired) electrons. The van der Waals surface area contributed by atoms with Gasteiger partial charge >= 0.3 is 0 Å². The maximum absolute atomic E-state index is 6.19. The van der Waals surface area contributed by atoms with Gasteiger partial charge in [0.25, 0.3) is 0 Å². The molecule has 3 N–H and O–H groups in total. The average molecular weight is 283 g/mol. The Morgan fingerprint density at radius 2 is 1.94 bits per heavy atom. The maximum Gasteiger partial charge on any atom is 0.222 e. The van der Waals surface area contributed by atoms with Gasteiger partial charge < -0.3 is 11.1 Å². The number of anilines is 2. The Morgan fingerprint density at radius 1 is 1.22 bits per heavy atom. The molecule has 0 saturated carbocycles. The lowest BCUT2D eigenvalue weighted by molar-refractivity contribution is 1.14. The number of hydrogen-bond donors (Lipinski definition) is 2. The summed E-state index contributed by atoms with van der Waals surface area (Å²) in [5, 5.41) is 3.92. The van der Waals surface area contributed by atoms with Crippen LogP contribution in [0.4, 0.5) is 11.8 Å². The monoisotopic (exact) mass is 282 g/mol. The third-order valence-electron chi connectivity index (χ3n) is 2.61. The Labute approximate surface area is 115 Å². The highest BCUT2D eigenvalue weighted by Gasteiger charge is 2.14. The quantitative estimate of drug-likeness (QED) is 0.886. The fourth-order valence-electron chi connectivity index (χ4n) is 1.73. The zero-order valence-corrected chi connectivity index (χ0v) is 11.5. The fourth-order valence-corrected chi connectivity index (χ4v) is 2.12. The first kappa shape index (κ1) is 12.9. The minimum absolute atomic E-state index is 0.191.